The summed E-state index contributed by atoms with van der Waals surface area (Å²) in [5.41, 5.74) is 0. The largest absolute Gasteiger partial charge is 0.349 e. The van der Waals surface area contributed by atoms with E-state index >= 15 is 0 Å². The summed E-state index contributed by atoms with van der Waals surface area (Å²) in [5.74, 6) is 0. The third kappa shape index (κ3) is 1.97. The Bertz CT molecular complexity index is 126. The van der Waals surface area contributed by atoms with Gasteiger partial charge in [-0.1, -0.05) is 12.8 Å². The molecule has 2 saturated heterocycles. The van der Waals surface area contributed by atoms with E-state index in [0.29, 0.717) is 6.04 Å². The van der Waals surface area contributed by atoms with Gasteiger partial charge in [-0.3, -0.25) is 0 Å². The average molecular weight is 171 g/mol. The van der Waals surface area contributed by atoms with E-state index in [1.807, 2.05) is 0 Å². The fraction of sp³-hybridized carbons (Fsp3) is 1.00. The van der Waals surface area contributed by atoms with Crippen LogP contribution in [0.25, 0.3) is 0 Å². The summed E-state index contributed by atoms with van der Waals surface area (Å²) < 4.78 is 10.9. The molecule has 0 aliphatic carbocycles. The standard InChI is InChI=1S/C9H17NO2/c1-2-4-8(10-5-3-1)9-11-6-7-12-9/h8-10H,1-7H2. The summed E-state index contributed by atoms with van der Waals surface area (Å²) in [6.07, 6.45) is 5.17. The highest BCUT2D eigenvalue weighted by Gasteiger charge is 2.26. The van der Waals surface area contributed by atoms with Crippen molar-refractivity contribution in [3.63, 3.8) is 0 Å². The smallest absolute Gasteiger partial charge is 0.172 e. The molecule has 0 aromatic rings. The van der Waals surface area contributed by atoms with Crippen molar-refractivity contribution < 1.29 is 9.47 Å². The summed E-state index contributed by atoms with van der Waals surface area (Å²) in [4.78, 5) is 0. The first-order valence-electron chi connectivity index (χ1n) is 4.93. The summed E-state index contributed by atoms with van der Waals surface area (Å²) in [6, 6.07) is 0.440. The maximum Gasteiger partial charge on any atom is 0.172 e. The van der Waals surface area contributed by atoms with E-state index in [9.17, 15) is 0 Å². The molecular weight excluding hydrogens is 154 g/mol. The van der Waals surface area contributed by atoms with Crippen molar-refractivity contribution >= 4 is 0 Å². The third-order valence-corrected chi connectivity index (χ3v) is 2.57. The predicted octanol–water partition coefficient (Wildman–Crippen LogP) is 0.891. The van der Waals surface area contributed by atoms with Crippen LogP contribution in [-0.2, 0) is 9.47 Å². The molecule has 2 rings (SSSR count). The molecule has 3 nitrogen and oxygen atoms in total. The van der Waals surface area contributed by atoms with Crippen LogP contribution in [0, 0.1) is 0 Å². The molecule has 0 radical (unpaired) electrons. The van der Waals surface area contributed by atoms with E-state index in [2.05, 4.69) is 5.32 Å². The van der Waals surface area contributed by atoms with E-state index in [4.69, 9.17) is 9.47 Å². The quantitative estimate of drug-likeness (QED) is 0.635. The second-order valence-corrected chi connectivity index (χ2v) is 3.52. The molecule has 0 aromatic heterocycles. The lowest BCUT2D eigenvalue weighted by molar-refractivity contribution is -0.0680. The molecule has 0 amide bonds. The van der Waals surface area contributed by atoms with E-state index in [0.717, 1.165) is 19.8 Å². The maximum absolute atomic E-state index is 5.46. The molecule has 1 unspecified atom stereocenters. The van der Waals surface area contributed by atoms with E-state index < -0.39 is 0 Å². The first-order chi connectivity index (χ1) is 5.97. The molecule has 2 aliphatic heterocycles. The van der Waals surface area contributed by atoms with Gasteiger partial charge in [0.05, 0.1) is 19.3 Å². The first-order valence-corrected chi connectivity index (χ1v) is 4.93. The summed E-state index contributed by atoms with van der Waals surface area (Å²) in [5, 5.41) is 3.47. The van der Waals surface area contributed by atoms with Gasteiger partial charge in [0.15, 0.2) is 6.29 Å². The molecule has 0 bridgehead atoms. The van der Waals surface area contributed by atoms with Gasteiger partial charge in [-0.25, -0.2) is 0 Å². The Hall–Kier alpha value is -0.120. The zero-order valence-electron chi connectivity index (χ0n) is 7.42. The van der Waals surface area contributed by atoms with Gasteiger partial charge in [0.2, 0.25) is 0 Å². The molecule has 70 valence electrons. The minimum absolute atomic E-state index is 0.0306. The molecule has 3 heteroatoms. The van der Waals surface area contributed by atoms with E-state index in [-0.39, 0.29) is 6.29 Å². The Labute approximate surface area is 73.4 Å². The molecule has 12 heavy (non-hydrogen) atoms. The maximum atomic E-state index is 5.46. The molecule has 0 aromatic carbocycles. The van der Waals surface area contributed by atoms with Crippen LogP contribution in [0.1, 0.15) is 25.7 Å². The van der Waals surface area contributed by atoms with Crippen molar-refractivity contribution in [3.8, 4) is 0 Å². The molecular formula is C9H17NO2. The normalized spacial score (nSPS) is 33.5. The molecule has 2 fully saturated rings. The van der Waals surface area contributed by atoms with Crippen LogP contribution in [-0.4, -0.2) is 32.1 Å². The second-order valence-electron chi connectivity index (χ2n) is 3.52. The van der Waals surface area contributed by atoms with E-state index in [1.165, 1.54) is 25.7 Å². The van der Waals surface area contributed by atoms with Crippen molar-refractivity contribution in [1.82, 2.24) is 5.32 Å². The second kappa shape index (κ2) is 4.21. The molecule has 0 saturated carbocycles. The average Bonchev–Trinajstić information content (AvgIpc) is 2.48. The van der Waals surface area contributed by atoms with Gasteiger partial charge in [0, 0.05) is 0 Å². The van der Waals surface area contributed by atoms with Gasteiger partial charge in [-0.05, 0) is 19.4 Å². The van der Waals surface area contributed by atoms with Crippen molar-refractivity contribution in [2.75, 3.05) is 19.8 Å². The Kier molecular flexibility index (Phi) is 2.98. The highest BCUT2D eigenvalue weighted by atomic mass is 16.7. The van der Waals surface area contributed by atoms with Gasteiger partial charge < -0.3 is 14.8 Å². The van der Waals surface area contributed by atoms with Gasteiger partial charge in [0.25, 0.3) is 0 Å². The Morgan fingerprint density at radius 3 is 2.67 bits per heavy atom. The van der Waals surface area contributed by atoms with Crippen molar-refractivity contribution in [3.05, 3.63) is 0 Å². The van der Waals surface area contributed by atoms with Gasteiger partial charge in [-0.15, -0.1) is 0 Å². The van der Waals surface area contributed by atoms with Crippen LogP contribution in [0.4, 0.5) is 0 Å². The number of ether oxygens (including phenoxy) is 2. The van der Waals surface area contributed by atoms with Gasteiger partial charge in [0.1, 0.15) is 0 Å². The Morgan fingerprint density at radius 2 is 1.83 bits per heavy atom. The molecule has 1 atom stereocenters. The molecule has 1 N–H and O–H groups in total. The topological polar surface area (TPSA) is 30.5 Å². The Morgan fingerprint density at radius 1 is 1.00 bits per heavy atom. The van der Waals surface area contributed by atoms with Crippen molar-refractivity contribution in [2.45, 2.75) is 38.0 Å². The van der Waals surface area contributed by atoms with Crippen LogP contribution < -0.4 is 5.32 Å². The fourth-order valence-corrected chi connectivity index (χ4v) is 1.90. The number of rotatable bonds is 1. The summed E-state index contributed by atoms with van der Waals surface area (Å²) >= 11 is 0. The monoisotopic (exact) mass is 171 g/mol. The highest BCUT2D eigenvalue weighted by molar-refractivity contribution is 4.75. The number of nitrogens with one attached hydrogen (secondary N) is 1. The van der Waals surface area contributed by atoms with Crippen LogP contribution in [0.3, 0.4) is 0 Å². The lowest BCUT2D eigenvalue weighted by Gasteiger charge is -2.20. The fourth-order valence-electron chi connectivity index (χ4n) is 1.90. The minimum Gasteiger partial charge on any atom is -0.349 e. The highest BCUT2D eigenvalue weighted by Crippen LogP contribution is 2.16. The van der Waals surface area contributed by atoms with Crippen LogP contribution in [0.5, 0.6) is 0 Å². The van der Waals surface area contributed by atoms with Crippen LogP contribution in [0.2, 0.25) is 0 Å². The van der Waals surface area contributed by atoms with Gasteiger partial charge >= 0.3 is 0 Å². The zero-order chi connectivity index (χ0) is 8.23. The van der Waals surface area contributed by atoms with Crippen molar-refractivity contribution in [1.29, 1.82) is 0 Å². The SMILES string of the molecule is C1CCNC(C2OCCO2)CC1. The summed E-state index contributed by atoms with van der Waals surface area (Å²) in [7, 11) is 0. The lowest BCUT2D eigenvalue weighted by Crippen LogP contribution is -2.39. The van der Waals surface area contributed by atoms with E-state index in [1.54, 1.807) is 0 Å². The molecule has 2 heterocycles. The molecule has 0 spiro atoms. The summed E-state index contributed by atoms with van der Waals surface area (Å²) in [6.45, 7) is 2.65. The number of hydrogen-bond donors (Lipinski definition) is 1. The van der Waals surface area contributed by atoms with Crippen LogP contribution in [0.15, 0.2) is 0 Å². The predicted molar refractivity (Wildman–Crippen MR) is 46.0 cm³/mol. The Balaban J connectivity index is 1.83. The first kappa shape index (κ1) is 8.48. The minimum atomic E-state index is 0.0306. The third-order valence-electron chi connectivity index (χ3n) is 2.57. The number of hydrogen-bond acceptors (Lipinski definition) is 3. The lowest BCUT2D eigenvalue weighted by atomic mass is 10.1. The zero-order valence-corrected chi connectivity index (χ0v) is 7.42. The van der Waals surface area contributed by atoms with Crippen LogP contribution >= 0.6 is 0 Å². The molecule has 2 aliphatic rings. The van der Waals surface area contributed by atoms with Gasteiger partial charge in [-0.2, -0.15) is 0 Å². The van der Waals surface area contributed by atoms with Crippen molar-refractivity contribution in [2.24, 2.45) is 0 Å².